The van der Waals surface area contributed by atoms with Crippen LogP contribution < -0.4 is 21.3 Å². The first-order valence-electron chi connectivity index (χ1n) is 37.9. The molecule has 0 spiro atoms. The van der Waals surface area contributed by atoms with Crippen molar-refractivity contribution in [2.75, 3.05) is 39.5 Å². The Morgan fingerprint density at radius 3 is 1.13 bits per heavy atom. The summed E-state index contributed by atoms with van der Waals surface area (Å²) in [6.45, 7) is 6.69. The molecule has 0 aliphatic carbocycles. The van der Waals surface area contributed by atoms with Gasteiger partial charge in [0, 0.05) is 51.6 Å². The number of nitrogens with one attached hydrogen (secondary N) is 4. The van der Waals surface area contributed by atoms with Crippen molar-refractivity contribution in [2.24, 2.45) is 0 Å². The molecule has 0 unspecified atom stereocenters. The molecule has 2 aliphatic rings. The van der Waals surface area contributed by atoms with Crippen molar-refractivity contribution in [3.8, 4) is 0 Å². The van der Waals surface area contributed by atoms with Gasteiger partial charge in [0.2, 0.25) is 23.6 Å². The number of hydrogen-bond acceptors (Lipinski definition) is 18. The first-order valence-corrected chi connectivity index (χ1v) is 41.0. The Morgan fingerprint density at radius 1 is 0.388 bits per heavy atom. The number of carbonyl (C=O) groups excluding carboxylic acids is 6. The molecule has 10 N–H and O–H groups in total. The molecule has 0 saturated carbocycles. The number of phosphoric acid groups is 2. The van der Waals surface area contributed by atoms with Crippen molar-refractivity contribution in [3.05, 3.63) is 0 Å². The summed E-state index contributed by atoms with van der Waals surface area (Å²) >= 11 is 0. The Bertz CT molecular complexity index is 2200. The third-order valence-electron chi connectivity index (χ3n) is 17.8. The molecular weight excluding hydrogens is 1310 g/mol. The zero-order valence-corrected chi connectivity index (χ0v) is 62.0. The maximum Gasteiger partial charge on any atom is 0.470 e. The fourth-order valence-corrected chi connectivity index (χ4v) is 13.0. The van der Waals surface area contributed by atoms with E-state index in [1.54, 1.807) is 0 Å². The van der Waals surface area contributed by atoms with Crippen LogP contribution in [0.2, 0.25) is 0 Å². The van der Waals surface area contributed by atoms with E-state index in [-0.39, 0.29) is 37.5 Å². The molecule has 26 nitrogen and oxygen atoms in total. The van der Waals surface area contributed by atoms with Gasteiger partial charge in [-0.15, -0.1) is 0 Å². The van der Waals surface area contributed by atoms with Gasteiger partial charge in [0.1, 0.15) is 36.5 Å². The van der Waals surface area contributed by atoms with Crippen LogP contribution >= 0.6 is 15.6 Å². The van der Waals surface area contributed by atoms with E-state index in [1.165, 1.54) is 64.2 Å². The lowest BCUT2D eigenvalue weighted by Gasteiger charge is -2.47. The number of rotatable bonds is 63. The maximum atomic E-state index is 14.1. The predicted octanol–water partition coefficient (Wildman–Crippen LogP) is 11.7. The van der Waals surface area contributed by atoms with E-state index in [1.807, 2.05) is 0 Å². The summed E-state index contributed by atoms with van der Waals surface area (Å²) in [7, 11) is -10.5. The van der Waals surface area contributed by atoms with Gasteiger partial charge in [-0.05, 0) is 51.4 Å². The van der Waals surface area contributed by atoms with Gasteiger partial charge in [0.05, 0.1) is 26.4 Å². The number of esters is 2. The Hall–Kier alpha value is -3.20. The van der Waals surface area contributed by atoms with E-state index in [0.29, 0.717) is 70.9 Å². The Morgan fingerprint density at radius 2 is 0.724 bits per heavy atom. The lowest BCUT2D eigenvalue weighted by Crippen LogP contribution is -2.68. The number of phosphoric ester groups is 2. The van der Waals surface area contributed by atoms with Crippen molar-refractivity contribution >= 4 is 51.2 Å². The van der Waals surface area contributed by atoms with E-state index in [9.17, 15) is 67.7 Å². The Balaban J connectivity index is 2.49. The first-order chi connectivity index (χ1) is 47.2. The van der Waals surface area contributed by atoms with Gasteiger partial charge in [-0.2, -0.15) is 0 Å². The fraction of sp³-hybridized carbons (Fsp3) is 0.914. The minimum absolute atomic E-state index is 0.00311. The normalized spacial score (nSPS) is 21.2. The van der Waals surface area contributed by atoms with E-state index in [2.05, 4.69) is 53.5 Å². The predicted molar refractivity (Wildman–Crippen MR) is 373 cm³/mol. The van der Waals surface area contributed by atoms with Crippen LogP contribution in [-0.4, -0.2) is 166 Å². The molecule has 2 saturated heterocycles. The van der Waals surface area contributed by atoms with Crippen LogP contribution in [0.3, 0.4) is 0 Å². The minimum Gasteiger partial charge on any atom is -0.457 e. The molecule has 0 bridgehead atoms. The first kappa shape index (κ1) is 90.9. The number of ether oxygens (including phenoxy) is 6. The standard InChI is InChI=1S/C70H132N4O22P2/c1-5-9-13-15-17-19-21-23-25-31-39-47-61(80)94-67-63(73-59(78)45-37-29-27-33-41-49-71-57(76)43-35-11-7-3)69(89-51-52-91-97(83,84)85)93-56(65(67)82)54-90-70-64(74-60(79)46-38-30-28-34-42-50-72-58(77)44-36-12-8-4)68(66(55(53-75)92-70)96-98(86,87)88)95-62(81)48-40-32-26-24-22-20-18-16-14-10-6-2/h55-56,63-70,75,82H,5-54H2,1-4H3,(H,71,76)(H,72,77)(H,73,78)(H,74,79)(H2,83,84,85)(H2,86,87,88)/t55-,56-,63-,64-,65-,66-,67-,68-,69+,70-/m1/s1. The number of aliphatic hydroxyl groups excluding tert-OH is 2. The highest BCUT2D eigenvalue weighted by Crippen LogP contribution is 2.43. The average Bonchev–Trinajstić information content (AvgIpc) is 0.787. The highest BCUT2D eigenvalue weighted by atomic mass is 31.2. The van der Waals surface area contributed by atoms with E-state index in [4.69, 9.17) is 32.9 Å². The molecule has 28 heteroatoms. The van der Waals surface area contributed by atoms with Gasteiger partial charge < -0.3 is 79.5 Å². The molecule has 2 rings (SSSR count). The minimum atomic E-state index is -5.45. The summed E-state index contributed by atoms with van der Waals surface area (Å²) in [6.07, 6.45) is 21.8. The lowest BCUT2D eigenvalue weighted by atomic mass is 9.95. The fourth-order valence-electron chi connectivity index (χ4n) is 12.2. The number of hydrogen-bond donors (Lipinski definition) is 10. The molecule has 2 fully saturated rings. The monoisotopic (exact) mass is 1440 g/mol. The van der Waals surface area contributed by atoms with Crippen LogP contribution in [0.15, 0.2) is 0 Å². The molecular formula is C70H132N4O22P2. The highest BCUT2D eigenvalue weighted by molar-refractivity contribution is 7.46. The third kappa shape index (κ3) is 45.7. The zero-order chi connectivity index (χ0) is 72.1. The van der Waals surface area contributed by atoms with Gasteiger partial charge in [0.25, 0.3) is 0 Å². The molecule has 4 amide bonds. The van der Waals surface area contributed by atoms with Crippen LogP contribution in [0.4, 0.5) is 0 Å². The van der Waals surface area contributed by atoms with Crippen molar-refractivity contribution in [1.82, 2.24) is 21.3 Å². The summed E-state index contributed by atoms with van der Waals surface area (Å²) < 4.78 is 71.2. The van der Waals surface area contributed by atoms with Crippen LogP contribution in [0.1, 0.15) is 310 Å². The summed E-state index contributed by atoms with van der Waals surface area (Å²) in [5.74, 6) is -2.60. The van der Waals surface area contributed by atoms with Crippen LogP contribution in [0, 0.1) is 0 Å². The topological polar surface area (TPSA) is 380 Å². The number of amides is 4. The SMILES string of the molecule is CCCCCCCCCCCCCC(=O)O[C@@H]1[C@@H](NC(=O)CCCCCCCNC(=O)CCCCC)[C@H](OC[C@H]2O[C@H](OCCOP(=O)(O)O)[C@H](NC(=O)CCCCCCCNC(=O)CCCCC)[C@@H](OC(=O)CCCCCCCCCCCCC)[C@@H]2O)O[C@H](CO)[C@H]1OP(=O)(O)O. The van der Waals surface area contributed by atoms with Crippen molar-refractivity contribution in [3.63, 3.8) is 0 Å². The zero-order valence-electron chi connectivity index (χ0n) is 60.2. The van der Waals surface area contributed by atoms with Crippen molar-refractivity contribution in [1.29, 1.82) is 0 Å². The van der Waals surface area contributed by atoms with Crippen molar-refractivity contribution < 1.29 is 105 Å². The molecule has 0 aromatic carbocycles. The molecule has 0 radical (unpaired) electrons. The molecule has 10 atom stereocenters. The summed E-state index contributed by atoms with van der Waals surface area (Å²) in [6, 6.07) is -3.03. The second-order valence-corrected chi connectivity index (χ2v) is 29.1. The molecule has 0 aromatic rings. The summed E-state index contributed by atoms with van der Waals surface area (Å²) in [5.41, 5.74) is 0. The molecule has 2 aliphatic heterocycles. The summed E-state index contributed by atoms with van der Waals surface area (Å²) in [4.78, 5) is 120. The van der Waals surface area contributed by atoms with Crippen LogP contribution in [0.5, 0.6) is 0 Å². The lowest BCUT2D eigenvalue weighted by molar-refractivity contribution is -0.304. The second-order valence-electron chi connectivity index (χ2n) is 26.7. The maximum absolute atomic E-state index is 14.1. The van der Waals surface area contributed by atoms with E-state index in [0.717, 1.165) is 135 Å². The number of aliphatic hydroxyl groups is 2. The van der Waals surface area contributed by atoms with Crippen molar-refractivity contribution in [2.45, 2.75) is 371 Å². The van der Waals surface area contributed by atoms with Crippen LogP contribution in [-0.2, 0) is 75.4 Å². The molecule has 574 valence electrons. The largest absolute Gasteiger partial charge is 0.470 e. The number of unbranched alkanes of at least 4 members (excludes halogenated alkanes) is 32. The Labute approximate surface area is 586 Å². The smallest absolute Gasteiger partial charge is 0.457 e. The van der Waals surface area contributed by atoms with E-state index >= 15 is 0 Å². The van der Waals surface area contributed by atoms with Gasteiger partial charge in [-0.1, -0.05) is 220 Å². The molecule has 98 heavy (non-hydrogen) atoms. The Kier molecular flexibility index (Phi) is 53.1. The molecule has 0 aromatic heterocycles. The average molecular weight is 1440 g/mol. The number of carbonyl (C=O) groups is 6. The van der Waals surface area contributed by atoms with Gasteiger partial charge in [-0.3, -0.25) is 37.8 Å². The quantitative estimate of drug-likeness (QED) is 0.0154. The second kappa shape index (κ2) is 57.2. The van der Waals surface area contributed by atoms with Crippen LogP contribution in [0.25, 0.3) is 0 Å². The summed E-state index contributed by atoms with van der Waals surface area (Å²) in [5, 5.41) is 34.6. The van der Waals surface area contributed by atoms with Gasteiger partial charge >= 0.3 is 27.6 Å². The van der Waals surface area contributed by atoms with Gasteiger partial charge in [0.15, 0.2) is 24.8 Å². The molecule has 2 heterocycles. The van der Waals surface area contributed by atoms with Gasteiger partial charge in [-0.25, -0.2) is 9.13 Å². The highest BCUT2D eigenvalue weighted by Gasteiger charge is 2.54. The third-order valence-corrected chi connectivity index (χ3v) is 18.8. The van der Waals surface area contributed by atoms with E-state index < -0.39 is 127 Å².